The van der Waals surface area contributed by atoms with Crippen LogP contribution in [0.4, 0.5) is 0 Å². The van der Waals surface area contributed by atoms with Gasteiger partial charge in [0, 0.05) is 6.20 Å². The summed E-state index contributed by atoms with van der Waals surface area (Å²) in [5, 5.41) is -0.112. The maximum atomic E-state index is 11.7. The highest BCUT2D eigenvalue weighted by Gasteiger charge is 2.27. The lowest BCUT2D eigenvalue weighted by Gasteiger charge is -2.19. The highest BCUT2D eigenvalue weighted by atomic mass is 35.5. The largest absolute Gasteiger partial charge is 0.462 e. The highest BCUT2D eigenvalue weighted by molar-refractivity contribution is 6.30. The van der Waals surface area contributed by atoms with Gasteiger partial charge in [0.25, 0.3) is 5.56 Å². The Labute approximate surface area is 131 Å². The number of nitrogens with one attached hydrogen (secondary N) is 1. The molecule has 8 heteroatoms. The van der Waals surface area contributed by atoms with Gasteiger partial charge in [-0.25, -0.2) is 4.79 Å². The molecule has 0 radical (unpaired) electrons. The van der Waals surface area contributed by atoms with Crippen molar-refractivity contribution in [1.82, 2.24) is 9.55 Å². The lowest BCUT2D eigenvalue weighted by Crippen LogP contribution is -2.33. The summed E-state index contributed by atoms with van der Waals surface area (Å²) >= 11 is 5.70. The fourth-order valence-corrected chi connectivity index (χ4v) is 1.92. The molecule has 22 heavy (non-hydrogen) atoms. The van der Waals surface area contributed by atoms with Crippen molar-refractivity contribution < 1.29 is 14.3 Å². The summed E-state index contributed by atoms with van der Waals surface area (Å²) in [5.74, 6) is -0.336. The lowest BCUT2D eigenvalue weighted by molar-refractivity contribution is -0.156. The summed E-state index contributed by atoms with van der Waals surface area (Å²) in [6.45, 7) is 5.32. The van der Waals surface area contributed by atoms with Gasteiger partial charge in [0.05, 0.1) is 5.41 Å². The second-order valence-corrected chi connectivity index (χ2v) is 6.35. The van der Waals surface area contributed by atoms with Crippen molar-refractivity contribution >= 4 is 17.6 Å². The quantitative estimate of drug-likeness (QED) is 0.666. The van der Waals surface area contributed by atoms with E-state index in [9.17, 15) is 14.4 Å². The topological polar surface area (TPSA) is 90.4 Å². The molecule has 2 rings (SSSR count). The summed E-state index contributed by atoms with van der Waals surface area (Å²) in [7, 11) is 0. The minimum Gasteiger partial charge on any atom is -0.462 e. The molecule has 7 nitrogen and oxygen atoms in total. The molecule has 2 atom stereocenters. The minimum absolute atomic E-state index is 0.0505. The zero-order chi connectivity index (χ0) is 16.5. The Kier molecular flexibility index (Phi) is 4.58. The molecule has 0 aromatic carbocycles. The summed E-state index contributed by atoms with van der Waals surface area (Å²) < 4.78 is 11.9. The normalized spacial score (nSPS) is 21.1. The number of aromatic amines is 1. The average molecular weight is 329 g/mol. The van der Waals surface area contributed by atoms with Crippen molar-refractivity contribution in [2.24, 2.45) is 5.41 Å². The molecule has 0 aliphatic carbocycles. The first kappa shape index (κ1) is 16.5. The SMILES string of the molecule is CC(C)(C)C(=O)OCC1C=CC(n2cc(Cl)c(=O)[nH]c2=O)O1. The first-order valence-electron chi connectivity index (χ1n) is 6.70. The van der Waals surface area contributed by atoms with Gasteiger partial charge in [-0.2, -0.15) is 0 Å². The zero-order valence-corrected chi connectivity index (χ0v) is 13.2. The third kappa shape index (κ3) is 3.66. The van der Waals surface area contributed by atoms with Crippen LogP contribution < -0.4 is 11.2 Å². The van der Waals surface area contributed by atoms with Gasteiger partial charge >= 0.3 is 11.7 Å². The smallest absolute Gasteiger partial charge is 0.330 e. The van der Waals surface area contributed by atoms with Gasteiger partial charge in [-0.05, 0) is 26.8 Å². The van der Waals surface area contributed by atoms with Gasteiger partial charge in [0.15, 0.2) is 6.23 Å². The molecule has 0 fully saturated rings. The van der Waals surface area contributed by atoms with E-state index in [-0.39, 0.29) is 17.6 Å². The standard InChI is InChI=1S/C14H17ClN2O5/c1-14(2,3)12(19)21-7-8-4-5-10(22-8)17-6-9(15)11(18)16-13(17)20/h4-6,8,10H,7H2,1-3H3,(H,16,18,20). The molecule has 120 valence electrons. The predicted octanol–water partition coefficient (Wildman–Crippen LogP) is 1.23. The molecule has 0 saturated heterocycles. The first-order chi connectivity index (χ1) is 10.2. The highest BCUT2D eigenvalue weighted by Crippen LogP contribution is 2.21. The molecule has 1 aromatic rings. The Morgan fingerprint density at radius 2 is 2.09 bits per heavy atom. The van der Waals surface area contributed by atoms with Gasteiger partial charge in [-0.1, -0.05) is 17.7 Å². The van der Waals surface area contributed by atoms with Crippen LogP contribution in [0.25, 0.3) is 0 Å². The van der Waals surface area contributed by atoms with E-state index < -0.39 is 29.0 Å². The van der Waals surface area contributed by atoms with E-state index in [0.717, 1.165) is 4.57 Å². The molecule has 0 saturated carbocycles. The number of halogens is 1. The number of esters is 1. The van der Waals surface area contributed by atoms with Crippen LogP contribution in [0.15, 0.2) is 27.9 Å². The minimum atomic E-state index is -0.708. The van der Waals surface area contributed by atoms with Gasteiger partial charge in [-0.3, -0.25) is 19.1 Å². The molecular formula is C14H17ClN2O5. The maximum Gasteiger partial charge on any atom is 0.330 e. The molecule has 1 aliphatic rings. The van der Waals surface area contributed by atoms with E-state index in [0.29, 0.717) is 0 Å². The maximum absolute atomic E-state index is 11.7. The molecular weight excluding hydrogens is 312 g/mol. The Morgan fingerprint density at radius 1 is 1.41 bits per heavy atom. The van der Waals surface area contributed by atoms with Crippen LogP contribution in [0.3, 0.4) is 0 Å². The number of nitrogens with zero attached hydrogens (tertiary/aromatic N) is 1. The molecule has 1 aliphatic heterocycles. The van der Waals surface area contributed by atoms with Crippen LogP contribution in [0.5, 0.6) is 0 Å². The van der Waals surface area contributed by atoms with Crippen LogP contribution in [0.1, 0.15) is 27.0 Å². The zero-order valence-electron chi connectivity index (χ0n) is 12.5. The van der Waals surface area contributed by atoms with Crippen molar-refractivity contribution in [3.63, 3.8) is 0 Å². The number of rotatable bonds is 3. The number of H-pyrrole nitrogens is 1. The van der Waals surface area contributed by atoms with Gasteiger partial charge < -0.3 is 9.47 Å². The van der Waals surface area contributed by atoms with Crippen molar-refractivity contribution in [1.29, 1.82) is 0 Å². The van der Waals surface area contributed by atoms with E-state index in [2.05, 4.69) is 4.98 Å². The van der Waals surface area contributed by atoms with Crippen molar-refractivity contribution in [2.45, 2.75) is 33.1 Å². The average Bonchev–Trinajstić information content (AvgIpc) is 2.87. The number of hydrogen-bond donors (Lipinski definition) is 1. The number of carbonyl (C=O) groups excluding carboxylic acids is 1. The molecule has 0 amide bonds. The lowest BCUT2D eigenvalue weighted by atomic mass is 9.97. The Hall–Kier alpha value is -1.86. The van der Waals surface area contributed by atoms with E-state index in [1.165, 1.54) is 6.20 Å². The number of hydrogen-bond acceptors (Lipinski definition) is 5. The summed E-state index contributed by atoms with van der Waals surface area (Å²) in [6.07, 6.45) is 3.35. The first-order valence-corrected chi connectivity index (χ1v) is 7.08. The van der Waals surface area contributed by atoms with E-state index in [1.807, 2.05) is 0 Å². The van der Waals surface area contributed by atoms with Crippen LogP contribution in [-0.4, -0.2) is 28.2 Å². The van der Waals surface area contributed by atoms with Crippen molar-refractivity contribution in [3.8, 4) is 0 Å². The second-order valence-electron chi connectivity index (χ2n) is 5.94. The summed E-state index contributed by atoms with van der Waals surface area (Å²) in [4.78, 5) is 36.7. The van der Waals surface area contributed by atoms with Gasteiger partial charge in [-0.15, -0.1) is 0 Å². The molecule has 0 bridgehead atoms. The molecule has 0 spiro atoms. The van der Waals surface area contributed by atoms with Crippen LogP contribution in [-0.2, 0) is 14.3 Å². The Bertz CT molecular complexity index is 713. The van der Waals surface area contributed by atoms with Crippen LogP contribution in [0, 0.1) is 5.41 Å². The fourth-order valence-electron chi connectivity index (χ4n) is 1.77. The van der Waals surface area contributed by atoms with E-state index in [1.54, 1.807) is 32.9 Å². The predicted molar refractivity (Wildman–Crippen MR) is 79.8 cm³/mol. The number of ether oxygens (including phenoxy) is 2. The number of aromatic nitrogens is 2. The molecule has 1 aromatic heterocycles. The third-order valence-corrected chi connectivity index (χ3v) is 3.26. The van der Waals surface area contributed by atoms with Gasteiger partial charge in [0.2, 0.25) is 0 Å². The number of carbonyl (C=O) groups is 1. The monoisotopic (exact) mass is 328 g/mol. The Morgan fingerprint density at radius 3 is 2.73 bits per heavy atom. The van der Waals surface area contributed by atoms with Crippen molar-refractivity contribution in [3.05, 3.63) is 44.2 Å². The van der Waals surface area contributed by atoms with E-state index in [4.69, 9.17) is 21.1 Å². The third-order valence-electron chi connectivity index (χ3n) is 2.99. The van der Waals surface area contributed by atoms with Crippen molar-refractivity contribution in [2.75, 3.05) is 6.61 Å². The molecule has 1 N–H and O–H groups in total. The van der Waals surface area contributed by atoms with Crippen LogP contribution in [0.2, 0.25) is 5.02 Å². The fraction of sp³-hybridized carbons (Fsp3) is 0.500. The van der Waals surface area contributed by atoms with Gasteiger partial charge in [0.1, 0.15) is 17.7 Å². The molecule has 2 unspecified atom stereocenters. The summed E-state index contributed by atoms with van der Waals surface area (Å²) in [6, 6.07) is 0. The summed E-state index contributed by atoms with van der Waals surface area (Å²) in [5.41, 5.74) is -1.87. The molecule has 2 heterocycles. The Balaban J connectivity index is 2.01. The second kappa shape index (κ2) is 6.10. The van der Waals surface area contributed by atoms with E-state index >= 15 is 0 Å². The van der Waals surface area contributed by atoms with Crippen LogP contribution >= 0.6 is 11.6 Å².